The first-order chi connectivity index (χ1) is 17.7. The third kappa shape index (κ3) is 5.88. The van der Waals surface area contributed by atoms with Crippen molar-refractivity contribution < 1.29 is 19.4 Å². The smallest absolute Gasteiger partial charge is 0.373 e. The Morgan fingerprint density at radius 2 is 1.74 bits per heavy atom. The number of aryl methyl sites for hydroxylation is 1. The summed E-state index contributed by atoms with van der Waals surface area (Å²) in [6.07, 6.45) is 1.50. The maximum Gasteiger partial charge on any atom is 0.373 e. The van der Waals surface area contributed by atoms with Crippen molar-refractivity contribution in [3.63, 3.8) is 0 Å². The second-order valence-corrected chi connectivity index (χ2v) is 11.3. The Morgan fingerprint density at radius 1 is 1.08 bits per heavy atom. The highest BCUT2D eigenvalue weighted by Gasteiger charge is 2.31. The van der Waals surface area contributed by atoms with E-state index < -0.39 is 18.0 Å². The normalized spacial score (nSPS) is 14.7. The standard InChI is InChI=1S/C29H38N4O4S/c1-9-23(37-24-13-12-18(28(5,6)10-2)15-19(24)29(7,8)11-3)25(35)30-20-16-21(17(4)14-22(20)34)33-26(36)31-32-27(33)38/h12-16,23,34H,9-11H2,1-8H3,(H,30,35). The summed E-state index contributed by atoms with van der Waals surface area (Å²) in [6, 6.07) is 8.56. The fourth-order valence-corrected chi connectivity index (χ4v) is 4.37. The monoisotopic (exact) mass is 538 g/mol. The average Bonchev–Trinajstić information content (AvgIpc) is 3.21. The Labute approximate surface area is 230 Å². The summed E-state index contributed by atoms with van der Waals surface area (Å²) in [5.41, 5.74) is 3.23. The van der Waals surface area contributed by atoms with Gasteiger partial charge < -0.3 is 15.2 Å². The molecule has 0 saturated heterocycles. The van der Waals surface area contributed by atoms with Crippen molar-refractivity contribution in [2.75, 3.05) is 10.2 Å². The van der Waals surface area contributed by atoms with E-state index in [1.165, 1.54) is 17.7 Å². The number of carbonyl (C=O) groups excluding carboxylic acids is 2. The minimum Gasteiger partial charge on any atom is -0.506 e. The van der Waals surface area contributed by atoms with E-state index in [4.69, 9.17) is 17.0 Å². The number of azo groups is 1. The third-order valence-corrected chi connectivity index (χ3v) is 7.87. The molecule has 2 N–H and O–H groups in total. The van der Waals surface area contributed by atoms with Crippen LogP contribution in [0, 0.1) is 6.92 Å². The number of urea groups is 1. The van der Waals surface area contributed by atoms with E-state index in [0.717, 1.165) is 23.3 Å². The predicted octanol–water partition coefficient (Wildman–Crippen LogP) is 7.55. The van der Waals surface area contributed by atoms with Crippen molar-refractivity contribution in [3.8, 4) is 11.5 Å². The molecule has 38 heavy (non-hydrogen) atoms. The molecule has 0 fully saturated rings. The number of nitrogens with zero attached hydrogens (tertiary/aromatic N) is 3. The summed E-state index contributed by atoms with van der Waals surface area (Å²) in [6.45, 7) is 16.7. The number of amides is 3. The van der Waals surface area contributed by atoms with Crippen molar-refractivity contribution in [1.82, 2.24) is 0 Å². The maximum absolute atomic E-state index is 13.4. The molecule has 0 saturated carbocycles. The lowest BCUT2D eigenvalue weighted by Crippen LogP contribution is -2.34. The molecular formula is C29H38N4O4S. The molecule has 3 rings (SSSR count). The molecule has 1 aliphatic rings. The molecule has 0 aliphatic carbocycles. The van der Waals surface area contributed by atoms with Crippen LogP contribution in [0.2, 0.25) is 0 Å². The van der Waals surface area contributed by atoms with Crippen LogP contribution in [-0.2, 0) is 15.6 Å². The molecule has 0 spiro atoms. The van der Waals surface area contributed by atoms with Gasteiger partial charge in [0.05, 0.1) is 11.4 Å². The van der Waals surface area contributed by atoms with E-state index in [2.05, 4.69) is 69.2 Å². The number of hydrogen-bond acceptors (Lipinski definition) is 5. The van der Waals surface area contributed by atoms with Crippen LogP contribution >= 0.6 is 12.2 Å². The van der Waals surface area contributed by atoms with Gasteiger partial charge in [0.2, 0.25) is 5.11 Å². The Hall–Kier alpha value is -3.33. The number of thiocarbonyl (C=S) groups is 1. The van der Waals surface area contributed by atoms with Gasteiger partial charge in [-0.15, -0.1) is 5.11 Å². The fraction of sp³-hybridized carbons (Fsp3) is 0.483. The number of carbonyl (C=O) groups is 2. The number of aromatic hydroxyl groups is 1. The molecule has 0 radical (unpaired) electrons. The van der Waals surface area contributed by atoms with E-state index in [1.54, 1.807) is 6.92 Å². The Kier molecular flexibility index (Phi) is 8.61. The second-order valence-electron chi connectivity index (χ2n) is 10.9. The predicted molar refractivity (Wildman–Crippen MR) is 155 cm³/mol. The van der Waals surface area contributed by atoms with E-state index in [0.29, 0.717) is 23.4 Å². The lowest BCUT2D eigenvalue weighted by Gasteiger charge is -2.31. The van der Waals surface area contributed by atoms with E-state index in [1.807, 2.05) is 13.0 Å². The highest BCUT2D eigenvalue weighted by atomic mass is 32.1. The number of hydrogen-bond donors (Lipinski definition) is 2. The first-order valence-electron chi connectivity index (χ1n) is 13.0. The van der Waals surface area contributed by atoms with Gasteiger partial charge in [-0.2, -0.15) is 0 Å². The minimum atomic E-state index is -0.810. The van der Waals surface area contributed by atoms with Crippen LogP contribution in [0.4, 0.5) is 16.2 Å². The van der Waals surface area contributed by atoms with Gasteiger partial charge in [-0.05, 0) is 78.6 Å². The van der Waals surface area contributed by atoms with Gasteiger partial charge in [-0.25, -0.2) is 9.69 Å². The third-order valence-electron chi connectivity index (χ3n) is 7.61. The second kappa shape index (κ2) is 11.2. The van der Waals surface area contributed by atoms with Crippen molar-refractivity contribution in [2.45, 2.75) is 91.6 Å². The number of ether oxygens (including phenoxy) is 1. The van der Waals surface area contributed by atoms with Crippen molar-refractivity contribution in [1.29, 1.82) is 0 Å². The van der Waals surface area contributed by atoms with Crippen LogP contribution in [0.5, 0.6) is 11.5 Å². The van der Waals surface area contributed by atoms with Crippen molar-refractivity contribution in [2.24, 2.45) is 10.2 Å². The van der Waals surface area contributed by atoms with Gasteiger partial charge in [0.15, 0.2) is 6.10 Å². The minimum absolute atomic E-state index is 0.00315. The number of rotatable bonds is 10. The highest BCUT2D eigenvalue weighted by molar-refractivity contribution is 7.80. The summed E-state index contributed by atoms with van der Waals surface area (Å²) < 4.78 is 6.34. The number of anilines is 2. The quantitative estimate of drug-likeness (QED) is 0.240. The number of nitrogens with one attached hydrogen (secondary N) is 1. The van der Waals surface area contributed by atoms with Crippen molar-refractivity contribution >= 4 is 40.6 Å². The van der Waals surface area contributed by atoms with Crippen LogP contribution in [0.15, 0.2) is 40.6 Å². The zero-order valence-corrected chi connectivity index (χ0v) is 24.3. The van der Waals surface area contributed by atoms with E-state index in [-0.39, 0.29) is 27.4 Å². The summed E-state index contributed by atoms with van der Waals surface area (Å²) >= 11 is 5.12. The molecule has 204 valence electrons. The Morgan fingerprint density at radius 3 is 2.29 bits per heavy atom. The molecule has 9 heteroatoms. The van der Waals surface area contributed by atoms with Crippen LogP contribution in [0.3, 0.4) is 0 Å². The highest BCUT2D eigenvalue weighted by Crippen LogP contribution is 2.39. The summed E-state index contributed by atoms with van der Waals surface area (Å²) in [4.78, 5) is 26.7. The summed E-state index contributed by atoms with van der Waals surface area (Å²) in [5, 5.41) is 20.4. The van der Waals surface area contributed by atoms with Crippen molar-refractivity contribution in [3.05, 3.63) is 47.0 Å². The van der Waals surface area contributed by atoms with Crippen LogP contribution in [-0.4, -0.2) is 28.3 Å². The van der Waals surface area contributed by atoms with Gasteiger partial charge in [-0.1, -0.05) is 65.7 Å². The lowest BCUT2D eigenvalue weighted by atomic mass is 9.76. The zero-order chi connectivity index (χ0) is 28.4. The van der Waals surface area contributed by atoms with Crippen LogP contribution in [0.1, 0.15) is 84.4 Å². The SMILES string of the molecule is CCC(Oc1ccc(C(C)(C)CC)cc1C(C)(C)CC)C(=O)Nc1cc(N2C(=O)N=NC2=S)c(C)cc1O. The topological polar surface area (TPSA) is 104 Å². The summed E-state index contributed by atoms with van der Waals surface area (Å²) in [7, 11) is 0. The molecule has 1 unspecified atom stereocenters. The van der Waals surface area contributed by atoms with Crippen LogP contribution in [0.25, 0.3) is 0 Å². The molecule has 8 nitrogen and oxygen atoms in total. The molecule has 3 amide bonds. The molecule has 2 aromatic rings. The Bertz CT molecular complexity index is 1270. The van der Waals surface area contributed by atoms with Crippen LogP contribution < -0.4 is 15.0 Å². The first-order valence-corrected chi connectivity index (χ1v) is 13.4. The van der Waals surface area contributed by atoms with Gasteiger partial charge >= 0.3 is 6.03 Å². The average molecular weight is 539 g/mol. The molecule has 1 aliphatic heterocycles. The first kappa shape index (κ1) is 29.2. The molecule has 0 aromatic heterocycles. The fourth-order valence-electron chi connectivity index (χ4n) is 4.15. The zero-order valence-electron chi connectivity index (χ0n) is 23.5. The van der Waals surface area contributed by atoms with Gasteiger partial charge in [0, 0.05) is 5.56 Å². The maximum atomic E-state index is 13.4. The Balaban J connectivity index is 1.92. The molecule has 1 heterocycles. The number of phenolic OH excluding ortho intramolecular Hbond substituents is 1. The molecule has 1 atom stereocenters. The number of phenols is 1. The van der Waals surface area contributed by atoms with Gasteiger partial charge in [0.1, 0.15) is 11.5 Å². The molecule has 0 bridgehead atoms. The van der Waals surface area contributed by atoms with Gasteiger partial charge in [-0.3, -0.25) is 4.79 Å². The largest absolute Gasteiger partial charge is 0.506 e. The van der Waals surface area contributed by atoms with E-state index in [9.17, 15) is 14.7 Å². The summed E-state index contributed by atoms with van der Waals surface area (Å²) in [5.74, 6) is 0.111. The molecular weight excluding hydrogens is 500 g/mol. The lowest BCUT2D eigenvalue weighted by molar-refractivity contribution is -0.122. The van der Waals surface area contributed by atoms with E-state index >= 15 is 0 Å². The van der Waals surface area contributed by atoms with Gasteiger partial charge in [0.25, 0.3) is 5.91 Å². The number of benzene rings is 2. The molecule has 2 aromatic carbocycles.